The van der Waals surface area contributed by atoms with Crippen molar-refractivity contribution in [3.05, 3.63) is 54.5 Å². The monoisotopic (exact) mass is 323 g/mol. The third-order valence-corrected chi connectivity index (χ3v) is 4.76. The Labute approximate surface area is 140 Å². The molecule has 0 saturated carbocycles. The number of pyridine rings is 1. The standard InChI is InChI=1S/C18H21N5O/c1-14-4-2-8-22-11-15(20-18(14)22)10-17(24)21-7-3-5-16(12-21)23-9-6-19-13-23/h2,4,6,8-9,11,13,16H,3,5,7,10,12H2,1H3. The van der Waals surface area contributed by atoms with Gasteiger partial charge in [-0.05, 0) is 31.4 Å². The van der Waals surface area contributed by atoms with E-state index in [0.717, 1.165) is 42.8 Å². The average molecular weight is 323 g/mol. The number of carbonyl (C=O) groups is 1. The highest BCUT2D eigenvalue weighted by molar-refractivity contribution is 5.78. The number of nitrogens with zero attached hydrogens (tertiary/aromatic N) is 5. The second-order valence-electron chi connectivity index (χ2n) is 6.48. The molecule has 1 fully saturated rings. The molecule has 0 aromatic carbocycles. The number of aromatic nitrogens is 4. The molecule has 124 valence electrons. The topological polar surface area (TPSA) is 55.4 Å². The van der Waals surface area contributed by atoms with Crippen molar-refractivity contribution in [1.29, 1.82) is 0 Å². The van der Waals surface area contributed by atoms with Gasteiger partial charge in [-0.15, -0.1) is 0 Å². The molecule has 6 nitrogen and oxygen atoms in total. The van der Waals surface area contributed by atoms with Crippen LogP contribution in [0.4, 0.5) is 0 Å². The van der Waals surface area contributed by atoms with Gasteiger partial charge in [-0.25, -0.2) is 9.97 Å². The van der Waals surface area contributed by atoms with Crippen LogP contribution in [-0.4, -0.2) is 42.8 Å². The number of hydrogen-bond donors (Lipinski definition) is 0. The van der Waals surface area contributed by atoms with Crippen molar-refractivity contribution in [2.45, 2.75) is 32.2 Å². The summed E-state index contributed by atoms with van der Waals surface area (Å²) in [4.78, 5) is 23.4. The number of rotatable bonds is 3. The van der Waals surface area contributed by atoms with Crippen LogP contribution in [0.2, 0.25) is 0 Å². The Kier molecular flexibility index (Phi) is 3.80. The fourth-order valence-electron chi connectivity index (χ4n) is 3.47. The molecule has 1 aliphatic heterocycles. The molecule has 4 rings (SSSR count). The Balaban J connectivity index is 1.47. The van der Waals surface area contributed by atoms with Gasteiger partial charge in [0.1, 0.15) is 5.65 Å². The molecule has 1 saturated heterocycles. The molecule has 1 aliphatic rings. The van der Waals surface area contributed by atoms with Crippen molar-refractivity contribution in [3.8, 4) is 0 Å². The molecule has 3 aromatic rings. The first-order chi connectivity index (χ1) is 11.7. The zero-order valence-electron chi connectivity index (χ0n) is 13.8. The predicted molar refractivity (Wildman–Crippen MR) is 90.7 cm³/mol. The highest BCUT2D eigenvalue weighted by atomic mass is 16.2. The van der Waals surface area contributed by atoms with Gasteiger partial charge >= 0.3 is 0 Å². The lowest BCUT2D eigenvalue weighted by molar-refractivity contribution is -0.132. The molecule has 0 N–H and O–H groups in total. The minimum Gasteiger partial charge on any atom is -0.340 e. The first-order valence-electron chi connectivity index (χ1n) is 8.39. The van der Waals surface area contributed by atoms with Crippen LogP contribution in [0, 0.1) is 6.92 Å². The van der Waals surface area contributed by atoms with Gasteiger partial charge in [-0.1, -0.05) is 6.07 Å². The molecule has 1 unspecified atom stereocenters. The lowest BCUT2D eigenvalue weighted by Crippen LogP contribution is -2.41. The number of piperidine rings is 1. The van der Waals surface area contributed by atoms with E-state index in [9.17, 15) is 4.79 Å². The summed E-state index contributed by atoms with van der Waals surface area (Å²) >= 11 is 0. The molecule has 1 atom stereocenters. The third kappa shape index (κ3) is 2.79. The van der Waals surface area contributed by atoms with Gasteiger partial charge in [-0.3, -0.25) is 4.79 Å². The average Bonchev–Trinajstić information content (AvgIpc) is 3.25. The van der Waals surface area contributed by atoms with Crippen molar-refractivity contribution in [1.82, 2.24) is 23.8 Å². The zero-order chi connectivity index (χ0) is 16.5. The summed E-state index contributed by atoms with van der Waals surface area (Å²) in [5.41, 5.74) is 2.88. The molecule has 4 heterocycles. The first kappa shape index (κ1) is 14.9. The Morgan fingerprint density at radius 3 is 3.08 bits per heavy atom. The van der Waals surface area contributed by atoms with Crippen molar-refractivity contribution >= 4 is 11.6 Å². The number of likely N-dealkylation sites (tertiary alicyclic amines) is 1. The SMILES string of the molecule is Cc1cccn2cc(CC(=O)N3CCCC(n4ccnc4)C3)nc12. The van der Waals surface area contributed by atoms with Crippen LogP contribution in [0.3, 0.4) is 0 Å². The molecular weight excluding hydrogens is 302 g/mol. The number of hydrogen-bond acceptors (Lipinski definition) is 3. The molecule has 0 aliphatic carbocycles. The summed E-state index contributed by atoms with van der Waals surface area (Å²) in [6.07, 6.45) is 12.0. The van der Waals surface area contributed by atoms with E-state index < -0.39 is 0 Å². The maximum atomic E-state index is 12.7. The lowest BCUT2D eigenvalue weighted by atomic mass is 10.1. The van der Waals surface area contributed by atoms with E-state index >= 15 is 0 Å². The van der Waals surface area contributed by atoms with E-state index in [-0.39, 0.29) is 5.91 Å². The molecule has 3 aromatic heterocycles. The molecule has 0 spiro atoms. The molecular formula is C18H21N5O. The Bertz CT molecular complexity index is 852. The molecule has 1 amide bonds. The highest BCUT2D eigenvalue weighted by Crippen LogP contribution is 2.22. The van der Waals surface area contributed by atoms with Gasteiger partial charge < -0.3 is 13.9 Å². The van der Waals surface area contributed by atoms with Crippen LogP contribution in [0.5, 0.6) is 0 Å². The Morgan fingerprint density at radius 1 is 1.38 bits per heavy atom. The lowest BCUT2D eigenvalue weighted by Gasteiger charge is -2.33. The van der Waals surface area contributed by atoms with E-state index in [1.165, 1.54) is 0 Å². The number of amides is 1. The number of carbonyl (C=O) groups excluding carboxylic acids is 1. The van der Waals surface area contributed by atoms with Crippen molar-refractivity contribution in [3.63, 3.8) is 0 Å². The van der Waals surface area contributed by atoms with Crippen LogP contribution in [-0.2, 0) is 11.2 Å². The molecule has 0 radical (unpaired) electrons. The second-order valence-corrected chi connectivity index (χ2v) is 6.48. The van der Waals surface area contributed by atoms with Crippen molar-refractivity contribution in [2.24, 2.45) is 0 Å². The van der Waals surface area contributed by atoms with E-state index in [0.29, 0.717) is 12.5 Å². The van der Waals surface area contributed by atoms with E-state index in [2.05, 4.69) is 14.5 Å². The number of imidazole rings is 2. The second kappa shape index (κ2) is 6.11. The first-order valence-corrected chi connectivity index (χ1v) is 8.39. The highest BCUT2D eigenvalue weighted by Gasteiger charge is 2.25. The summed E-state index contributed by atoms with van der Waals surface area (Å²) in [6, 6.07) is 4.36. The van der Waals surface area contributed by atoms with E-state index in [1.54, 1.807) is 6.20 Å². The van der Waals surface area contributed by atoms with Crippen molar-refractivity contribution < 1.29 is 4.79 Å². The maximum Gasteiger partial charge on any atom is 0.228 e. The summed E-state index contributed by atoms with van der Waals surface area (Å²) in [6.45, 7) is 3.62. The van der Waals surface area contributed by atoms with Crippen LogP contribution in [0.25, 0.3) is 5.65 Å². The largest absolute Gasteiger partial charge is 0.340 e. The molecule has 0 bridgehead atoms. The fourth-order valence-corrected chi connectivity index (χ4v) is 3.47. The van der Waals surface area contributed by atoms with Crippen LogP contribution >= 0.6 is 0 Å². The van der Waals surface area contributed by atoms with Crippen molar-refractivity contribution in [2.75, 3.05) is 13.1 Å². The minimum atomic E-state index is 0.154. The fraction of sp³-hybridized carbons (Fsp3) is 0.389. The van der Waals surface area contributed by atoms with Crippen LogP contribution < -0.4 is 0 Å². The predicted octanol–water partition coefficient (Wildman–Crippen LogP) is 2.25. The van der Waals surface area contributed by atoms with Crippen LogP contribution in [0.1, 0.15) is 30.1 Å². The van der Waals surface area contributed by atoms with E-state index in [4.69, 9.17) is 0 Å². The molecule has 6 heteroatoms. The van der Waals surface area contributed by atoms with Gasteiger partial charge in [0.2, 0.25) is 5.91 Å². The van der Waals surface area contributed by atoms with Crippen LogP contribution in [0.15, 0.2) is 43.2 Å². The van der Waals surface area contributed by atoms with Gasteiger partial charge in [0, 0.05) is 37.9 Å². The van der Waals surface area contributed by atoms with E-state index in [1.807, 2.05) is 53.3 Å². The smallest absolute Gasteiger partial charge is 0.228 e. The van der Waals surface area contributed by atoms with Gasteiger partial charge in [0.25, 0.3) is 0 Å². The minimum absolute atomic E-state index is 0.154. The number of aryl methyl sites for hydroxylation is 1. The Hall–Kier alpha value is -2.63. The van der Waals surface area contributed by atoms with Gasteiger partial charge in [-0.2, -0.15) is 0 Å². The maximum absolute atomic E-state index is 12.7. The summed E-state index contributed by atoms with van der Waals surface area (Å²) in [5.74, 6) is 0.154. The summed E-state index contributed by atoms with van der Waals surface area (Å²) < 4.78 is 4.09. The summed E-state index contributed by atoms with van der Waals surface area (Å²) in [5, 5.41) is 0. The Morgan fingerprint density at radius 2 is 2.29 bits per heavy atom. The normalized spacial score (nSPS) is 18.2. The molecule has 24 heavy (non-hydrogen) atoms. The third-order valence-electron chi connectivity index (χ3n) is 4.76. The van der Waals surface area contributed by atoms with Gasteiger partial charge in [0.05, 0.1) is 24.5 Å². The number of fused-ring (bicyclic) bond motifs is 1. The van der Waals surface area contributed by atoms with Gasteiger partial charge in [0.15, 0.2) is 0 Å². The quantitative estimate of drug-likeness (QED) is 0.743. The summed E-state index contributed by atoms with van der Waals surface area (Å²) in [7, 11) is 0. The zero-order valence-corrected chi connectivity index (χ0v) is 13.8.